The summed E-state index contributed by atoms with van der Waals surface area (Å²) in [7, 11) is -3.24. The van der Waals surface area contributed by atoms with Gasteiger partial charge in [0.05, 0.1) is 6.26 Å². The van der Waals surface area contributed by atoms with Crippen molar-refractivity contribution in [1.29, 1.82) is 0 Å². The second-order valence-corrected chi connectivity index (χ2v) is 7.95. The first-order valence-electron chi connectivity index (χ1n) is 7.90. The molecule has 128 valence electrons. The van der Waals surface area contributed by atoms with Crippen LogP contribution in [0.2, 0.25) is 0 Å². The standard InChI is InChI=1S/C16H25N3O3S/c1-13(14-7-4-3-5-8-14)11-17-16(20)19-10-6-9-15(12-19)18-23(2,21)22/h3-5,7-8,13,15,18H,6,9-12H2,1-2H3,(H,17,20)/t13-,15+/m1/s1. The van der Waals surface area contributed by atoms with Gasteiger partial charge in [-0.25, -0.2) is 17.9 Å². The van der Waals surface area contributed by atoms with Crippen molar-refractivity contribution in [3.8, 4) is 0 Å². The molecule has 0 unspecified atom stereocenters. The lowest BCUT2D eigenvalue weighted by Gasteiger charge is -2.33. The molecular formula is C16H25N3O3S. The molecule has 7 heteroatoms. The first-order valence-corrected chi connectivity index (χ1v) is 9.79. The van der Waals surface area contributed by atoms with E-state index in [0.717, 1.165) is 19.1 Å². The SMILES string of the molecule is C[C@H](CNC(=O)N1CCC[C@H](NS(C)(=O)=O)C1)c1ccccc1. The van der Waals surface area contributed by atoms with Crippen LogP contribution in [0.25, 0.3) is 0 Å². The molecule has 0 aromatic heterocycles. The van der Waals surface area contributed by atoms with Crippen LogP contribution in [0.15, 0.2) is 30.3 Å². The molecule has 1 aromatic rings. The minimum absolute atomic E-state index is 0.132. The van der Waals surface area contributed by atoms with E-state index in [1.54, 1.807) is 4.90 Å². The van der Waals surface area contributed by atoms with Crippen molar-refractivity contribution < 1.29 is 13.2 Å². The van der Waals surface area contributed by atoms with E-state index in [-0.39, 0.29) is 18.0 Å². The molecule has 1 aliphatic rings. The van der Waals surface area contributed by atoms with Gasteiger partial charge in [-0.3, -0.25) is 0 Å². The summed E-state index contributed by atoms with van der Waals surface area (Å²) in [5.74, 6) is 0.231. The lowest BCUT2D eigenvalue weighted by atomic mass is 10.0. The fraction of sp³-hybridized carbons (Fsp3) is 0.562. The van der Waals surface area contributed by atoms with Crippen LogP contribution >= 0.6 is 0 Å². The first-order chi connectivity index (χ1) is 10.8. The molecule has 1 heterocycles. The van der Waals surface area contributed by atoms with Gasteiger partial charge in [0.15, 0.2) is 0 Å². The number of amides is 2. The second-order valence-electron chi connectivity index (χ2n) is 6.17. The Morgan fingerprint density at radius 1 is 1.35 bits per heavy atom. The molecule has 2 N–H and O–H groups in total. The van der Waals surface area contributed by atoms with Crippen LogP contribution in [0.4, 0.5) is 4.79 Å². The monoisotopic (exact) mass is 339 g/mol. The maximum absolute atomic E-state index is 12.3. The summed E-state index contributed by atoms with van der Waals surface area (Å²) < 4.78 is 25.2. The van der Waals surface area contributed by atoms with E-state index in [4.69, 9.17) is 0 Å². The normalized spacial score (nSPS) is 20.1. The van der Waals surface area contributed by atoms with Gasteiger partial charge in [-0.15, -0.1) is 0 Å². The number of piperidine rings is 1. The number of hydrogen-bond acceptors (Lipinski definition) is 3. The summed E-state index contributed by atoms with van der Waals surface area (Å²) in [6.45, 7) is 3.70. The molecule has 1 saturated heterocycles. The Morgan fingerprint density at radius 3 is 2.70 bits per heavy atom. The number of hydrogen-bond donors (Lipinski definition) is 2. The van der Waals surface area contributed by atoms with Crippen molar-refractivity contribution in [2.75, 3.05) is 25.9 Å². The van der Waals surface area contributed by atoms with Crippen LogP contribution < -0.4 is 10.0 Å². The van der Waals surface area contributed by atoms with Crippen LogP contribution in [-0.2, 0) is 10.0 Å². The molecule has 2 atom stereocenters. The molecule has 2 amide bonds. The summed E-state index contributed by atoms with van der Waals surface area (Å²) in [4.78, 5) is 14.0. The van der Waals surface area contributed by atoms with Crippen LogP contribution in [-0.4, -0.2) is 51.3 Å². The Labute approximate surface area is 138 Å². The van der Waals surface area contributed by atoms with Crippen molar-refractivity contribution in [2.45, 2.75) is 31.7 Å². The highest BCUT2D eigenvalue weighted by Gasteiger charge is 2.25. The Kier molecular flexibility index (Phi) is 6.01. The molecule has 1 fully saturated rings. The molecule has 2 rings (SSSR count). The molecule has 0 spiro atoms. The van der Waals surface area contributed by atoms with E-state index in [1.165, 1.54) is 5.56 Å². The summed E-state index contributed by atoms with van der Waals surface area (Å²) in [5, 5.41) is 2.94. The number of benzene rings is 1. The minimum atomic E-state index is -3.24. The van der Waals surface area contributed by atoms with Crippen molar-refractivity contribution >= 4 is 16.1 Å². The fourth-order valence-corrected chi connectivity index (χ4v) is 3.61. The third-order valence-corrected chi connectivity index (χ3v) is 4.78. The molecule has 0 bridgehead atoms. The summed E-state index contributed by atoms with van der Waals surface area (Å²) in [5.41, 5.74) is 1.18. The Bertz CT molecular complexity index is 619. The van der Waals surface area contributed by atoms with Gasteiger partial charge < -0.3 is 10.2 Å². The van der Waals surface area contributed by atoms with Crippen molar-refractivity contribution in [2.24, 2.45) is 0 Å². The predicted octanol–water partition coefficient (Wildman–Crippen LogP) is 1.51. The topological polar surface area (TPSA) is 78.5 Å². The molecule has 0 radical (unpaired) electrons. The number of sulfonamides is 1. The Balaban J connectivity index is 1.83. The lowest BCUT2D eigenvalue weighted by Crippen LogP contribution is -2.52. The predicted molar refractivity (Wildman–Crippen MR) is 90.8 cm³/mol. The van der Waals surface area contributed by atoms with Gasteiger partial charge in [0.2, 0.25) is 10.0 Å². The molecule has 0 aliphatic carbocycles. The smallest absolute Gasteiger partial charge is 0.317 e. The third kappa shape index (κ3) is 5.84. The van der Waals surface area contributed by atoms with Crippen LogP contribution in [0.1, 0.15) is 31.2 Å². The van der Waals surface area contributed by atoms with Gasteiger partial charge in [-0.2, -0.15) is 0 Å². The van der Waals surface area contributed by atoms with Gasteiger partial charge in [-0.05, 0) is 24.3 Å². The van der Waals surface area contributed by atoms with E-state index >= 15 is 0 Å². The number of nitrogens with zero attached hydrogens (tertiary/aromatic N) is 1. The zero-order valence-electron chi connectivity index (χ0n) is 13.7. The number of carbonyl (C=O) groups excluding carboxylic acids is 1. The van der Waals surface area contributed by atoms with E-state index < -0.39 is 10.0 Å². The Hall–Kier alpha value is -1.60. The van der Waals surface area contributed by atoms with E-state index in [1.807, 2.05) is 30.3 Å². The molecule has 1 aromatic carbocycles. The third-order valence-electron chi connectivity index (χ3n) is 4.02. The molecule has 6 nitrogen and oxygen atoms in total. The summed E-state index contributed by atoms with van der Waals surface area (Å²) in [6, 6.07) is 9.70. The number of rotatable bonds is 5. The molecule has 0 saturated carbocycles. The maximum atomic E-state index is 12.3. The zero-order chi connectivity index (χ0) is 16.9. The number of carbonyl (C=O) groups is 1. The maximum Gasteiger partial charge on any atom is 0.317 e. The van der Waals surface area contributed by atoms with E-state index in [9.17, 15) is 13.2 Å². The fourth-order valence-electron chi connectivity index (χ4n) is 2.81. The number of urea groups is 1. The minimum Gasteiger partial charge on any atom is -0.337 e. The van der Waals surface area contributed by atoms with Gasteiger partial charge in [0, 0.05) is 25.7 Å². The highest BCUT2D eigenvalue weighted by molar-refractivity contribution is 7.88. The van der Waals surface area contributed by atoms with Gasteiger partial charge in [0.25, 0.3) is 0 Å². The van der Waals surface area contributed by atoms with Gasteiger partial charge >= 0.3 is 6.03 Å². The van der Waals surface area contributed by atoms with Crippen molar-refractivity contribution in [1.82, 2.24) is 14.9 Å². The largest absolute Gasteiger partial charge is 0.337 e. The highest BCUT2D eigenvalue weighted by Crippen LogP contribution is 2.14. The average molecular weight is 339 g/mol. The molecule has 23 heavy (non-hydrogen) atoms. The van der Waals surface area contributed by atoms with Gasteiger partial charge in [0.1, 0.15) is 0 Å². The highest BCUT2D eigenvalue weighted by atomic mass is 32.2. The summed E-state index contributed by atoms with van der Waals surface area (Å²) >= 11 is 0. The van der Waals surface area contributed by atoms with Crippen LogP contribution in [0.5, 0.6) is 0 Å². The van der Waals surface area contributed by atoms with E-state index in [2.05, 4.69) is 17.0 Å². The quantitative estimate of drug-likeness (QED) is 0.853. The average Bonchev–Trinajstić information content (AvgIpc) is 2.51. The number of nitrogens with one attached hydrogen (secondary N) is 2. The van der Waals surface area contributed by atoms with E-state index in [0.29, 0.717) is 19.6 Å². The summed E-state index contributed by atoms with van der Waals surface area (Å²) in [6.07, 6.45) is 2.71. The Morgan fingerprint density at radius 2 is 2.04 bits per heavy atom. The van der Waals surface area contributed by atoms with Crippen LogP contribution in [0, 0.1) is 0 Å². The first kappa shape index (κ1) is 17.7. The molecular weight excluding hydrogens is 314 g/mol. The van der Waals surface area contributed by atoms with Gasteiger partial charge in [-0.1, -0.05) is 37.3 Å². The molecule has 1 aliphatic heterocycles. The second kappa shape index (κ2) is 7.79. The van der Waals surface area contributed by atoms with Crippen LogP contribution in [0.3, 0.4) is 0 Å². The lowest BCUT2D eigenvalue weighted by molar-refractivity contribution is 0.177. The van der Waals surface area contributed by atoms with Crippen molar-refractivity contribution in [3.05, 3.63) is 35.9 Å². The number of likely N-dealkylation sites (tertiary alicyclic amines) is 1. The van der Waals surface area contributed by atoms with Crippen molar-refractivity contribution in [3.63, 3.8) is 0 Å². The zero-order valence-corrected chi connectivity index (χ0v) is 14.5.